The molecule has 0 amide bonds. The molecule has 0 bridgehead atoms. The molecule has 16 heavy (non-hydrogen) atoms. The molecule has 0 aliphatic carbocycles. The number of hydrogen-bond donors (Lipinski definition) is 1. The lowest BCUT2D eigenvalue weighted by Crippen LogP contribution is -2.09. The van der Waals surface area contributed by atoms with Gasteiger partial charge in [-0.15, -0.1) is 0 Å². The predicted octanol–water partition coefficient (Wildman–Crippen LogP) is 1.52. The molecule has 0 saturated carbocycles. The number of hydrogen-bond acceptors (Lipinski definition) is 3. The van der Waals surface area contributed by atoms with E-state index in [1.807, 2.05) is 38.1 Å². The molecule has 1 aromatic heterocycles. The minimum absolute atomic E-state index is 0.401. The molecule has 2 rings (SSSR count). The van der Waals surface area contributed by atoms with Gasteiger partial charge in [-0.05, 0) is 38.1 Å². The van der Waals surface area contributed by atoms with Gasteiger partial charge in [-0.1, -0.05) is 12.2 Å². The van der Waals surface area contributed by atoms with Crippen molar-refractivity contribution in [1.82, 2.24) is 14.8 Å². The number of rotatable bonds is 2. The molecule has 82 valence electrons. The van der Waals surface area contributed by atoms with Crippen LogP contribution in [0.15, 0.2) is 24.3 Å². The normalized spacial score (nSPS) is 10.4. The second kappa shape index (κ2) is 4.02. The van der Waals surface area contributed by atoms with Gasteiger partial charge in [0.25, 0.3) is 0 Å². The Morgan fingerprint density at radius 1 is 1.25 bits per heavy atom. The summed E-state index contributed by atoms with van der Waals surface area (Å²) in [6.45, 7) is 3.79. The smallest absolute Gasteiger partial charge is 0.148 e. The van der Waals surface area contributed by atoms with Crippen molar-refractivity contribution >= 4 is 17.2 Å². The average molecular weight is 232 g/mol. The summed E-state index contributed by atoms with van der Waals surface area (Å²) >= 11 is 4.89. The van der Waals surface area contributed by atoms with Crippen LogP contribution in [0.4, 0.5) is 0 Å². The molecule has 1 aromatic carbocycles. The summed E-state index contributed by atoms with van der Waals surface area (Å²) in [5, 5.41) is 4.30. The van der Waals surface area contributed by atoms with Crippen LogP contribution in [0.5, 0.6) is 0 Å². The first-order valence-electron chi connectivity index (χ1n) is 4.88. The van der Waals surface area contributed by atoms with Crippen LogP contribution >= 0.6 is 12.2 Å². The molecule has 4 nitrogen and oxygen atoms in total. The molecular weight excluding hydrogens is 220 g/mol. The van der Waals surface area contributed by atoms with Crippen molar-refractivity contribution in [1.29, 1.82) is 0 Å². The molecule has 0 radical (unpaired) electrons. The molecule has 0 saturated heterocycles. The Balaban J connectivity index is 2.42. The van der Waals surface area contributed by atoms with Crippen molar-refractivity contribution < 1.29 is 0 Å². The highest BCUT2D eigenvalue weighted by Gasteiger charge is 2.05. The number of aromatic nitrogens is 3. The molecule has 0 aliphatic rings. The summed E-state index contributed by atoms with van der Waals surface area (Å²) in [5.74, 6) is 1.62. The molecule has 1 heterocycles. The van der Waals surface area contributed by atoms with Gasteiger partial charge in [0.2, 0.25) is 0 Å². The molecule has 0 spiro atoms. The first-order valence-corrected chi connectivity index (χ1v) is 5.29. The fourth-order valence-corrected chi connectivity index (χ4v) is 1.67. The SMILES string of the molecule is Cc1nc(C)n(-c2ccc(C(N)=S)cc2)n1. The Morgan fingerprint density at radius 2 is 1.88 bits per heavy atom. The molecule has 0 fully saturated rings. The van der Waals surface area contributed by atoms with Crippen LogP contribution in [0, 0.1) is 13.8 Å². The van der Waals surface area contributed by atoms with Crippen LogP contribution in [-0.2, 0) is 0 Å². The second-order valence-corrected chi connectivity index (χ2v) is 3.97. The lowest BCUT2D eigenvalue weighted by molar-refractivity contribution is 0.831. The van der Waals surface area contributed by atoms with Crippen molar-refractivity contribution in [2.24, 2.45) is 5.73 Å². The second-order valence-electron chi connectivity index (χ2n) is 3.53. The Hall–Kier alpha value is -1.75. The van der Waals surface area contributed by atoms with E-state index >= 15 is 0 Å². The minimum atomic E-state index is 0.401. The fourth-order valence-electron chi connectivity index (χ4n) is 1.53. The van der Waals surface area contributed by atoms with Crippen LogP contribution in [0.1, 0.15) is 17.2 Å². The maximum atomic E-state index is 5.53. The summed E-state index contributed by atoms with van der Waals surface area (Å²) in [7, 11) is 0. The van der Waals surface area contributed by atoms with E-state index < -0.39 is 0 Å². The third kappa shape index (κ3) is 1.94. The maximum Gasteiger partial charge on any atom is 0.148 e. The monoisotopic (exact) mass is 232 g/mol. The summed E-state index contributed by atoms with van der Waals surface area (Å²) in [5.41, 5.74) is 7.34. The zero-order valence-electron chi connectivity index (χ0n) is 9.14. The molecule has 0 aliphatic heterocycles. The molecule has 0 unspecified atom stereocenters. The highest BCUT2D eigenvalue weighted by atomic mass is 32.1. The third-order valence-corrected chi connectivity index (χ3v) is 2.51. The number of benzene rings is 1. The summed E-state index contributed by atoms with van der Waals surface area (Å²) in [6, 6.07) is 7.62. The van der Waals surface area contributed by atoms with Crippen LogP contribution in [0.2, 0.25) is 0 Å². The van der Waals surface area contributed by atoms with Gasteiger partial charge < -0.3 is 5.73 Å². The molecule has 5 heteroatoms. The van der Waals surface area contributed by atoms with E-state index in [9.17, 15) is 0 Å². The molecule has 0 atom stereocenters. The first kappa shape index (κ1) is 10.8. The third-order valence-electron chi connectivity index (χ3n) is 2.27. The molecule has 2 aromatic rings. The van der Waals surface area contributed by atoms with E-state index in [4.69, 9.17) is 18.0 Å². The highest BCUT2D eigenvalue weighted by Crippen LogP contribution is 2.10. The predicted molar refractivity (Wildman–Crippen MR) is 66.7 cm³/mol. The van der Waals surface area contributed by atoms with E-state index in [-0.39, 0.29) is 0 Å². The standard InChI is InChI=1S/C11H12N4S/c1-7-13-8(2)15(14-7)10-5-3-9(4-6-10)11(12)16/h3-6H,1-2H3,(H2,12,16). The lowest BCUT2D eigenvalue weighted by atomic mass is 10.2. The summed E-state index contributed by atoms with van der Waals surface area (Å²) in [6.07, 6.45) is 0. The van der Waals surface area contributed by atoms with Gasteiger partial charge in [-0.2, -0.15) is 5.10 Å². The number of thiocarbonyl (C=S) groups is 1. The van der Waals surface area contributed by atoms with E-state index in [2.05, 4.69) is 10.1 Å². The van der Waals surface area contributed by atoms with E-state index in [0.29, 0.717) is 4.99 Å². The van der Waals surface area contributed by atoms with Gasteiger partial charge >= 0.3 is 0 Å². The number of nitrogens with zero attached hydrogens (tertiary/aromatic N) is 3. The fraction of sp³-hybridized carbons (Fsp3) is 0.182. The molecular formula is C11H12N4S. The van der Waals surface area contributed by atoms with Gasteiger partial charge in [0.05, 0.1) is 5.69 Å². The zero-order chi connectivity index (χ0) is 11.7. The topological polar surface area (TPSA) is 56.7 Å². The lowest BCUT2D eigenvalue weighted by Gasteiger charge is -2.04. The zero-order valence-corrected chi connectivity index (χ0v) is 9.95. The Labute approximate surface area is 99.1 Å². The Bertz CT molecular complexity index is 527. The quantitative estimate of drug-likeness (QED) is 0.798. The van der Waals surface area contributed by atoms with Crippen molar-refractivity contribution in [2.75, 3.05) is 0 Å². The van der Waals surface area contributed by atoms with Crippen LogP contribution < -0.4 is 5.73 Å². The van der Waals surface area contributed by atoms with Crippen molar-refractivity contribution in [3.63, 3.8) is 0 Å². The van der Waals surface area contributed by atoms with E-state index in [0.717, 1.165) is 22.9 Å². The highest BCUT2D eigenvalue weighted by molar-refractivity contribution is 7.80. The Kier molecular flexibility index (Phi) is 2.70. The summed E-state index contributed by atoms with van der Waals surface area (Å²) < 4.78 is 1.79. The van der Waals surface area contributed by atoms with Gasteiger partial charge in [0.1, 0.15) is 16.6 Å². The van der Waals surface area contributed by atoms with Crippen molar-refractivity contribution in [3.8, 4) is 5.69 Å². The van der Waals surface area contributed by atoms with E-state index in [1.54, 1.807) is 4.68 Å². The van der Waals surface area contributed by atoms with Crippen molar-refractivity contribution in [3.05, 3.63) is 41.5 Å². The van der Waals surface area contributed by atoms with Crippen LogP contribution in [0.25, 0.3) is 5.69 Å². The van der Waals surface area contributed by atoms with Gasteiger partial charge in [-0.25, -0.2) is 9.67 Å². The Morgan fingerprint density at radius 3 is 2.31 bits per heavy atom. The minimum Gasteiger partial charge on any atom is -0.389 e. The van der Waals surface area contributed by atoms with Crippen LogP contribution in [-0.4, -0.2) is 19.8 Å². The number of nitrogens with two attached hydrogens (primary N) is 1. The largest absolute Gasteiger partial charge is 0.389 e. The molecule has 2 N–H and O–H groups in total. The van der Waals surface area contributed by atoms with Crippen molar-refractivity contribution in [2.45, 2.75) is 13.8 Å². The maximum absolute atomic E-state index is 5.53. The van der Waals surface area contributed by atoms with Gasteiger partial charge in [0, 0.05) is 5.56 Å². The van der Waals surface area contributed by atoms with E-state index in [1.165, 1.54) is 0 Å². The number of aryl methyl sites for hydroxylation is 2. The summed E-state index contributed by atoms with van der Waals surface area (Å²) in [4.78, 5) is 4.65. The van der Waals surface area contributed by atoms with Crippen LogP contribution in [0.3, 0.4) is 0 Å². The first-order chi connectivity index (χ1) is 7.58. The van der Waals surface area contributed by atoms with Gasteiger partial charge in [-0.3, -0.25) is 0 Å². The average Bonchev–Trinajstić information content (AvgIpc) is 2.58. The van der Waals surface area contributed by atoms with Gasteiger partial charge in [0.15, 0.2) is 0 Å².